The molecule has 0 spiro atoms. The summed E-state index contributed by atoms with van der Waals surface area (Å²) in [4.78, 5) is 0. The number of alkyl halides is 1. The molecule has 0 aromatic heterocycles. The summed E-state index contributed by atoms with van der Waals surface area (Å²) < 4.78 is 18.5. The van der Waals surface area contributed by atoms with E-state index in [2.05, 4.69) is 22.9 Å². The van der Waals surface area contributed by atoms with Gasteiger partial charge in [0, 0.05) is 31.1 Å². The van der Waals surface area contributed by atoms with Gasteiger partial charge in [0.15, 0.2) is 0 Å². The fraction of sp³-hybridized carbons (Fsp3) is 1.00. The molecule has 1 atom stereocenters. The summed E-state index contributed by atoms with van der Waals surface area (Å²) in [6.07, 6.45) is 22.4. The molecular weight excluding hydrogens is 452 g/mol. The van der Waals surface area contributed by atoms with Crippen molar-refractivity contribution >= 4 is 15.9 Å². The van der Waals surface area contributed by atoms with Gasteiger partial charge in [-0.05, 0) is 40.0 Å². The van der Waals surface area contributed by atoms with E-state index in [0.29, 0.717) is 25.7 Å². The van der Waals surface area contributed by atoms with Gasteiger partial charge >= 0.3 is 0 Å². The lowest BCUT2D eigenvalue weighted by Crippen LogP contribution is -2.46. The van der Waals surface area contributed by atoms with E-state index in [4.69, 9.17) is 14.2 Å². The van der Waals surface area contributed by atoms with Crippen LogP contribution in [0, 0.1) is 5.92 Å². The van der Waals surface area contributed by atoms with Crippen LogP contribution in [0.4, 0.5) is 0 Å². The van der Waals surface area contributed by atoms with Crippen LogP contribution in [0.1, 0.15) is 137 Å². The maximum Gasteiger partial charge on any atom is 0.285 e. The molecule has 0 aliphatic rings. The molecule has 0 bridgehead atoms. The first-order valence-electron chi connectivity index (χ1n) is 13.7. The van der Waals surface area contributed by atoms with E-state index in [0.717, 1.165) is 18.2 Å². The summed E-state index contributed by atoms with van der Waals surface area (Å²) in [6, 6.07) is 0. The topological polar surface area (TPSA) is 27.7 Å². The summed E-state index contributed by atoms with van der Waals surface area (Å²) >= 11 is 3.52. The average molecular weight is 508 g/mol. The van der Waals surface area contributed by atoms with Crippen LogP contribution in [0.3, 0.4) is 0 Å². The highest BCUT2D eigenvalue weighted by atomic mass is 79.9. The van der Waals surface area contributed by atoms with Crippen molar-refractivity contribution in [2.75, 3.05) is 25.2 Å². The lowest BCUT2D eigenvalue weighted by Gasteiger charge is -2.39. The molecule has 31 heavy (non-hydrogen) atoms. The minimum absolute atomic E-state index is 0.322. The molecule has 0 fully saturated rings. The van der Waals surface area contributed by atoms with Gasteiger partial charge in [0.1, 0.15) is 0 Å². The van der Waals surface area contributed by atoms with Gasteiger partial charge in [-0.1, -0.05) is 113 Å². The Labute approximate surface area is 203 Å². The Kier molecular flexibility index (Phi) is 23.8. The Bertz CT molecular complexity index is 334. The van der Waals surface area contributed by atoms with E-state index < -0.39 is 5.97 Å². The molecular formula is C27H55BrO3. The normalized spacial score (nSPS) is 13.1. The van der Waals surface area contributed by atoms with Gasteiger partial charge < -0.3 is 14.2 Å². The van der Waals surface area contributed by atoms with Crippen molar-refractivity contribution in [3.8, 4) is 0 Å². The van der Waals surface area contributed by atoms with E-state index in [1.54, 1.807) is 0 Å². The van der Waals surface area contributed by atoms with Crippen molar-refractivity contribution in [1.82, 2.24) is 0 Å². The molecule has 0 saturated carbocycles. The van der Waals surface area contributed by atoms with Crippen LogP contribution in [-0.2, 0) is 14.2 Å². The molecule has 0 saturated heterocycles. The Hall–Kier alpha value is 0.360. The van der Waals surface area contributed by atoms with Crippen molar-refractivity contribution < 1.29 is 14.2 Å². The third kappa shape index (κ3) is 16.6. The highest BCUT2D eigenvalue weighted by Crippen LogP contribution is 2.34. The summed E-state index contributed by atoms with van der Waals surface area (Å²) in [6.45, 7) is 10.3. The van der Waals surface area contributed by atoms with Gasteiger partial charge in [0.05, 0.1) is 0 Å². The third-order valence-electron chi connectivity index (χ3n) is 6.13. The zero-order valence-electron chi connectivity index (χ0n) is 21.5. The standard InChI is InChI=1S/C27H55BrO3/c1-5-9-10-11-17-20-23-26(27(29-6-2,30-7-3)31-8-4)24-21-18-15-13-12-14-16-19-22-25-28/h26H,5-25H2,1-4H3. The third-order valence-corrected chi connectivity index (χ3v) is 6.69. The number of hydrogen-bond acceptors (Lipinski definition) is 3. The van der Waals surface area contributed by atoms with Crippen LogP contribution >= 0.6 is 15.9 Å². The molecule has 0 rings (SSSR count). The fourth-order valence-electron chi connectivity index (χ4n) is 4.47. The van der Waals surface area contributed by atoms with Crippen LogP contribution in [0.15, 0.2) is 0 Å². The number of halogens is 1. The molecule has 188 valence electrons. The minimum atomic E-state index is -0.850. The van der Waals surface area contributed by atoms with Crippen LogP contribution in [-0.4, -0.2) is 31.1 Å². The first-order valence-corrected chi connectivity index (χ1v) is 14.8. The lowest BCUT2D eigenvalue weighted by molar-refractivity contribution is -0.403. The zero-order chi connectivity index (χ0) is 23.0. The van der Waals surface area contributed by atoms with Crippen LogP contribution in [0.25, 0.3) is 0 Å². The van der Waals surface area contributed by atoms with Crippen LogP contribution in [0.2, 0.25) is 0 Å². The van der Waals surface area contributed by atoms with E-state index in [1.807, 2.05) is 20.8 Å². The lowest BCUT2D eigenvalue weighted by atomic mass is 9.91. The summed E-state index contributed by atoms with van der Waals surface area (Å²) in [7, 11) is 0. The maximum absolute atomic E-state index is 6.16. The summed E-state index contributed by atoms with van der Waals surface area (Å²) in [5.74, 6) is -0.528. The smallest absolute Gasteiger partial charge is 0.285 e. The molecule has 0 aromatic carbocycles. The highest BCUT2D eigenvalue weighted by Gasteiger charge is 2.41. The van der Waals surface area contributed by atoms with E-state index in [9.17, 15) is 0 Å². The molecule has 0 aromatic rings. The number of ether oxygens (including phenoxy) is 3. The molecule has 0 amide bonds. The zero-order valence-corrected chi connectivity index (χ0v) is 23.1. The first-order chi connectivity index (χ1) is 15.2. The SMILES string of the molecule is CCCCCCCCC(CCCCCCCCCCCBr)C(OCC)(OCC)OCC. The highest BCUT2D eigenvalue weighted by molar-refractivity contribution is 9.09. The second-order valence-electron chi connectivity index (χ2n) is 8.82. The molecule has 0 aliphatic heterocycles. The maximum atomic E-state index is 6.16. The van der Waals surface area contributed by atoms with Gasteiger partial charge in [-0.2, -0.15) is 0 Å². The second-order valence-corrected chi connectivity index (χ2v) is 9.61. The first kappa shape index (κ1) is 31.4. The monoisotopic (exact) mass is 506 g/mol. The number of unbranched alkanes of at least 4 members (excludes halogenated alkanes) is 13. The second kappa shape index (κ2) is 23.5. The predicted molar refractivity (Wildman–Crippen MR) is 139 cm³/mol. The Morgan fingerprint density at radius 1 is 0.516 bits per heavy atom. The van der Waals surface area contributed by atoms with Crippen molar-refractivity contribution in [2.45, 2.75) is 143 Å². The molecule has 1 unspecified atom stereocenters. The molecule has 0 heterocycles. The Morgan fingerprint density at radius 2 is 0.871 bits per heavy atom. The minimum Gasteiger partial charge on any atom is -0.328 e. The molecule has 0 N–H and O–H groups in total. The largest absolute Gasteiger partial charge is 0.328 e. The van der Waals surface area contributed by atoms with Crippen molar-refractivity contribution in [3.05, 3.63) is 0 Å². The van der Waals surface area contributed by atoms with Crippen molar-refractivity contribution in [3.63, 3.8) is 0 Å². The average Bonchev–Trinajstić information content (AvgIpc) is 2.76. The van der Waals surface area contributed by atoms with E-state index in [-0.39, 0.29) is 0 Å². The van der Waals surface area contributed by atoms with Gasteiger partial charge in [-0.15, -0.1) is 0 Å². The summed E-state index contributed by atoms with van der Waals surface area (Å²) in [5.41, 5.74) is 0. The van der Waals surface area contributed by atoms with Crippen LogP contribution in [0.5, 0.6) is 0 Å². The molecule has 0 radical (unpaired) electrons. The molecule has 4 heteroatoms. The Morgan fingerprint density at radius 3 is 1.23 bits per heavy atom. The van der Waals surface area contributed by atoms with Gasteiger partial charge in [-0.3, -0.25) is 0 Å². The van der Waals surface area contributed by atoms with Crippen molar-refractivity contribution in [1.29, 1.82) is 0 Å². The Balaban J connectivity index is 4.50. The number of hydrogen-bond donors (Lipinski definition) is 0. The fourth-order valence-corrected chi connectivity index (χ4v) is 4.87. The number of rotatable bonds is 25. The van der Waals surface area contributed by atoms with Crippen molar-refractivity contribution in [2.24, 2.45) is 5.92 Å². The molecule has 0 aliphatic carbocycles. The van der Waals surface area contributed by atoms with E-state index >= 15 is 0 Å². The molecule has 3 nitrogen and oxygen atoms in total. The predicted octanol–water partition coefficient (Wildman–Crippen LogP) is 9.41. The van der Waals surface area contributed by atoms with Gasteiger partial charge in [0.2, 0.25) is 0 Å². The van der Waals surface area contributed by atoms with Crippen LogP contribution < -0.4 is 0 Å². The summed E-state index contributed by atoms with van der Waals surface area (Å²) in [5, 5.41) is 1.15. The quantitative estimate of drug-likeness (QED) is 0.0700. The van der Waals surface area contributed by atoms with Gasteiger partial charge in [-0.25, -0.2) is 0 Å². The van der Waals surface area contributed by atoms with E-state index in [1.165, 1.54) is 96.3 Å². The van der Waals surface area contributed by atoms with Gasteiger partial charge in [0.25, 0.3) is 5.97 Å².